The van der Waals surface area contributed by atoms with Gasteiger partial charge in [-0.2, -0.15) is 13.2 Å². The van der Waals surface area contributed by atoms with Gasteiger partial charge in [0.15, 0.2) is 0 Å². The minimum absolute atomic E-state index is 0.0400. The van der Waals surface area contributed by atoms with Gasteiger partial charge in [0, 0.05) is 10.1 Å². The number of thiophene rings is 1. The van der Waals surface area contributed by atoms with Crippen LogP contribution in [0.4, 0.5) is 18.9 Å². The molecule has 0 saturated heterocycles. The summed E-state index contributed by atoms with van der Waals surface area (Å²) in [5.74, 6) is -1.18. The van der Waals surface area contributed by atoms with Crippen molar-refractivity contribution < 1.29 is 22.8 Å². The number of amides is 2. The summed E-state index contributed by atoms with van der Waals surface area (Å²) in [5.41, 5.74) is -0.734. The Balaban J connectivity index is 2.07. The van der Waals surface area contributed by atoms with Crippen LogP contribution >= 0.6 is 23.1 Å². The summed E-state index contributed by atoms with van der Waals surface area (Å²) in [4.78, 5) is 27.5. The van der Waals surface area contributed by atoms with Crippen molar-refractivity contribution in [3.05, 3.63) is 57.1 Å². The molecule has 136 valence electrons. The van der Waals surface area contributed by atoms with Crippen LogP contribution in [0, 0.1) is 0 Å². The third kappa shape index (κ3) is 3.43. The number of anilines is 1. The molecule has 1 aromatic heterocycles. The molecule has 0 aliphatic carbocycles. The molecule has 0 N–H and O–H groups in total. The fraction of sp³-hybridized carbons (Fsp3) is 0.222. The van der Waals surface area contributed by atoms with Crippen molar-refractivity contribution in [3.63, 3.8) is 0 Å². The van der Waals surface area contributed by atoms with Crippen LogP contribution in [-0.2, 0) is 15.8 Å². The molecule has 2 heterocycles. The Morgan fingerprint density at radius 3 is 2.38 bits per heavy atom. The molecule has 0 unspecified atom stereocenters. The maximum absolute atomic E-state index is 13.0. The number of carbonyl (C=O) groups is 2. The number of imide groups is 1. The molecule has 0 saturated carbocycles. The normalized spacial score (nSPS) is 15.5. The van der Waals surface area contributed by atoms with Crippen LogP contribution < -0.4 is 4.90 Å². The van der Waals surface area contributed by atoms with E-state index >= 15 is 0 Å². The molecule has 3 rings (SSSR count). The molecule has 1 aliphatic rings. The lowest BCUT2D eigenvalue weighted by molar-refractivity contribution is -0.137. The van der Waals surface area contributed by atoms with E-state index in [1.165, 1.54) is 35.2 Å². The van der Waals surface area contributed by atoms with E-state index in [2.05, 4.69) is 0 Å². The Morgan fingerprint density at radius 2 is 1.81 bits per heavy atom. The van der Waals surface area contributed by atoms with Crippen molar-refractivity contribution in [2.75, 3.05) is 4.90 Å². The molecule has 2 amide bonds. The average Bonchev–Trinajstić information content (AvgIpc) is 3.14. The van der Waals surface area contributed by atoms with Gasteiger partial charge in [0.05, 0.1) is 21.7 Å². The van der Waals surface area contributed by atoms with Crippen molar-refractivity contribution in [3.8, 4) is 0 Å². The third-order valence-electron chi connectivity index (χ3n) is 3.59. The number of rotatable bonds is 4. The van der Waals surface area contributed by atoms with Crippen LogP contribution in [0.5, 0.6) is 0 Å². The van der Waals surface area contributed by atoms with Crippen LogP contribution in [0.25, 0.3) is 5.57 Å². The molecule has 26 heavy (non-hydrogen) atoms. The lowest BCUT2D eigenvalue weighted by Crippen LogP contribution is -2.31. The zero-order valence-corrected chi connectivity index (χ0v) is 15.5. The minimum Gasteiger partial charge on any atom is -0.268 e. The zero-order valence-electron chi connectivity index (χ0n) is 13.8. The van der Waals surface area contributed by atoms with Crippen LogP contribution in [0.15, 0.2) is 46.7 Å². The molecule has 1 aromatic carbocycles. The van der Waals surface area contributed by atoms with E-state index in [4.69, 9.17) is 0 Å². The van der Waals surface area contributed by atoms with E-state index < -0.39 is 23.6 Å². The van der Waals surface area contributed by atoms with Gasteiger partial charge in [-0.05, 0) is 29.6 Å². The number of carbonyl (C=O) groups excluding carboxylic acids is 2. The molecule has 3 nitrogen and oxygen atoms in total. The Morgan fingerprint density at radius 1 is 1.08 bits per heavy atom. The van der Waals surface area contributed by atoms with Crippen LogP contribution in [0.2, 0.25) is 0 Å². The third-order valence-corrected chi connectivity index (χ3v) is 5.57. The smallest absolute Gasteiger partial charge is 0.268 e. The Bertz CT molecular complexity index is 886. The Labute approximate surface area is 156 Å². The van der Waals surface area contributed by atoms with Gasteiger partial charge in [0.1, 0.15) is 0 Å². The van der Waals surface area contributed by atoms with Gasteiger partial charge in [-0.25, -0.2) is 4.90 Å². The van der Waals surface area contributed by atoms with Crippen molar-refractivity contribution in [1.29, 1.82) is 0 Å². The van der Waals surface area contributed by atoms with Crippen molar-refractivity contribution in [2.24, 2.45) is 0 Å². The monoisotopic (exact) mass is 397 g/mol. The highest BCUT2D eigenvalue weighted by atomic mass is 32.2. The molecular weight excluding hydrogens is 383 g/mol. The first-order chi connectivity index (χ1) is 12.2. The standard InChI is InChI=1S/C18H14F3NO2S2/c1-10(2)26-15-14(13-7-4-8-25-13)16(23)22(17(15)24)12-6-3-5-11(9-12)18(19,20)21/h3-10H,1-2H3. The number of halogens is 3. The molecule has 0 atom stereocenters. The topological polar surface area (TPSA) is 37.4 Å². The average molecular weight is 397 g/mol. The minimum atomic E-state index is -4.55. The Hall–Kier alpha value is -2.06. The number of benzene rings is 1. The molecule has 2 aromatic rings. The second-order valence-electron chi connectivity index (χ2n) is 5.84. The highest BCUT2D eigenvalue weighted by Crippen LogP contribution is 2.42. The number of hydrogen-bond acceptors (Lipinski definition) is 4. The van der Waals surface area contributed by atoms with Gasteiger partial charge in [0.25, 0.3) is 11.8 Å². The SMILES string of the molecule is CC(C)SC1=C(c2cccs2)C(=O)N(c2cccc(C(F)(F)F)c2)C1=O. The summed E-state index contributed by atoms with van der Waals surface area (Å²) in [6.07, 6.45) is -4.55. The van der Waals surface area contributed by atoms with E-state index in [9.17, 15) is 22.8 Å². The van der Waals surface area contributed by atoms with Gasteiger partial charge >= 0.3 is 6.18 Å². The summed E-state index contributed by atoms with van der Waals surface area (Å²) in [5, 5.41) is 1.82. The fourth-order valence-electron chi connectivity index (χ4n) is 2.55. The van der Waals surface area contributed by atoms with E-state index in [0.717, 1.165) is 17.0 Å². The highest BCUT2D eigenvalue weighted by Gasteiger charge is 2.41. The number of nitrogens with zero attached hydrogens (tertiary/aromatic N) is 1. The molecule has 0 fully saturated rings. The van der Waals surface area contributed by atoms with Crippen LogP contribution in [0.3, 0.4) is 0 Å². The second-order valence-corrected chi connectivity index (χ2v) is 8.38. The van der Waals surface area contributed by atoms with E-state index in [-0.39, 0.29) is 21.4 Å². The van der Waals surface area contributed by atoms with Gasteiger partial charge in [-0.15, -0.1) is 23.1 Å². The first kappa shape index (κ1) is 18.7. The van der Waals surface area contributed by atoms with Crippen molar-refractivity contribution in [1.82, 2.24) is 0 Å². The summed E-state index contributed by atoms with van der Waals surface area (Å²) in [7, 11) is 0. The largest absolute Gasteiger partial charge is 0.416 e. The van der Waals surface area contributed by atoms with Gasteiger partial charge < -0.3 is 0 Å². The van der Waals surface area contributed by atoms with Crippen molar-refractivity contribution >= 4 is 46.2 Å². The van der Waals surface area contributed by atoms with E-state index in [0.29, 0.717) is 4.88 Å². The maximum Gasteiger partial charge on any atom is 0.416 e. The van der Waals surface area contributed by atoms with E-state index in [1.807, 2.05) is 13.8 Å². The second kappa shape index (κ2) is 6.92. The quantitative estimate of drug-likeness (QED) is 0.666. The summed E-state index contributed by atoms with van der Waals surface area (Å²) < 4.78 is 39.0. The number of alkyl halides is 3. The molecule has 0 radical (unpaired) electrons. The van der Waals surface area contributed by atoms with Crippen molar-refractivity contribution in [2.45, 2.75) is 25.3 Å². The Kier molecular flexibility index (Phi) is 4.98. The van der Waals surface area contributed by atoms with Crippen LogP contribution in [-0.4, -0.2) is 17.1 Å². The predicted molar refractivity (Wildman–Crippen MR) is 97.9 cm³/mol. The maximum atomic E-state index is 13.0. The fourth-order valence-corrected chi connectivity index (χ4v) is 4.36. The molecule has 0 spiro atoms. The number of thioether (sulfide) groups is 1. The predicted octanol–water partition coefficient (Wildman–Crippen LogP) is 5.19. The van der Waals surface area contributed by atoms with Crippen LogP contribution in [0.1, 0.15) is 24.3 Å². The molecule has 1 aliphatic heterocycles. The summed E-state index contributed by atoms with van der Waals surface area (Å²) >= 11 is 2.55. The lowest BCUT2D eigenvalue weighted by atomic mass is 10.1. The first-order valence-corrected chi connectivity index (χ1v) is 9.47. The highest BCUT2D eigenvalue weighted by molar-refractivity contribution is 8.04. The number of hydrogen-bond donors (Lipinski definition) is 0. The zero-order chi connectivity index (χ0) is 19.1. The molecule has 0 bridgehead atoms. The van der Waals surface area contributed by atoms with Gasteiger partial charge in [-0.1, -0.05) is 26.0 Å². The van der Waals surface area contributed by atoms with Gasteiger partial charge in [-0.3, -0.25) is 9.59 Å². The summed E-state index contributed by atoms with van der Waals surface area (Å²) in [6, 6.07) is 7.74. The van der Waals surface area contributed by atoms with Gasteiger partial charge in [0.2, 0.25) is 0 Å². The summed E-state index contributed by atoms with van der Waals surface area (Å²) in [6.45, 7) is 3.77. The molecule has 8 heteroatoms. The van der Waals surface area contributed by atoms with E-state index in [1.54, 1.807) is 17.5 Å². The lowest BCUT2D eigenvalue weighted by Gasteiger charge is -2.17. The first-order valence-electron chi connectivity index (χ1n) is 7.71. The molecular formula is C18H14F3NO2S2.